The predicted molar refractivity (Wildman–Crippen MR) is 75.1 cm³/mol. The zero-order chi connectivity index (χ0) is 13.4. The fraction of sp³-hybridized carbons (Fsp3) is 0.636. The van der Waals surface area contributed by atoms with E-state index in [-0.39, 0.29) is 17.0 Å². The molecular weight excluding hydrogens is 338 g/mol. The quantitative estimate of drug-likeness (QED) is 0.874. The summed E-state index contributed by atoms with van der Waals surface area (Å²) in [5, 5.41) is 9.05. The highest BCUT2D eigenvalue weighted by molar-refractivity contribution is 9.11. The molecule has 1 saturated carbocycles. The molecule has 0 atom stereocenters. The summed E-state index contributed by atoms with van der Waals surface area (Å²) in [5.74, 6) is 0. The van der Waals surface area contributed by atoms with E-state index in [9.17, 15) is 8.42 Å². The fourth-order valence-corrected chi connectivity index (χ4v) is 6.30. The lowest BCUT2D eigenvalue weighted by molar-refractivity contribution is 0.285. The molecular formula is C11H16BrNO3S2. The van der Waals surface area contributed by atoms with E-state index in [0.29, 0.717) is 8.66 Å². The summed E-state index contributed by atoms with van der Waals surface area (Å²) in [5.41, 5.74) is -0.334. The van der Waals surface area contributed by atoms with Crippen LogP contribution in [0.4, 0.5) is 0 Å². The number of thiophene rings is 1. The summed E-state index contributed by atoms with van der Waals surface area (Å²) in [4.78, 5) is 0.864. The minimum Gasteiger partial charge on any atom is -0.391 e. The van der Waals surface area contributed by atoms with Gasteiger partial charge < -0.3 is 5.11 Å². The van der Waals surface area contributed by atoms with Crippen molar-refractivity contribution in [2.45, 2.75) is 49.6 Å². The maximum atomic E-state index is 12.3. The van der Waals surface area contributed by atoms with Crippen LogP contribution in [0.15, 0.2) is 14.7 Å². The number of rotatable bonds is 4. The smallest absolute Gasteiger partial charge is 0.243 e. The molecule has 7 heteroatoms. The van der Waals surface area contributed by atoms with Crippen LogP contribution in [-0.4, -0.2) is 19.1 Å². The Balaban J connectivity index is 2.27. The summed E-state index contributed by atoms with van der Waals surface area (Å²) in [6.45, 7) is 1.81. The van der Waals surface area contributed by atoms with Gasteiger partial charge in [0.2, 0.25) is 10.0 Å². The van der Waals surface area contributed by atoms with Gasteiger partial charge in [-0.05, 0) is 41.8 Å². The van der Waals surface area contributed by atoms with Gasteiger partial charge >= 0.3 is 0 Å². The van der Waals surface area contributed by atoms with E-state index in [1.165, 1.54) is 17.4 Å². The van der Waals surface area contributed by atoms with Crippen LogP contribution < -0.4 is 4.72 Å². The SMILES string of the molecule is CC1(NS(=O)(=O)c2cc(CO)sc2Br)CCCC1. The van der Waals surface area contributed by atoms with Crippen LogP contribution in [0.25, 0.3) is 0 Å². The molecule has 0 bridgehead atoms. The molecule has 1 aliphatic carbocycles. The van der Waals surface area contributed by atoms with E-state index in [1.807, 2.05) is 6.92 Å². The average molecular weight is 354 g/mol. The maximum absolute atomic E-state index is 12.3. The van der Waals surface area contributed by atoms with Gasteiger partial charge in [0.1, 0.15) is 4.90 Å². The van der Waals surface area contributed by atoms with Gasteiger partial charge in [-0.1, -0.05) is 12.8 Å². The molecule has 1 aromatic heterocycles. The summed E-state index contributed by atoms with van der Waals surface area (Å²) < 4.78 is 28.0. The Hall–Kier alpha value is 0.0500. The van der Waals surface area contributed by atoms with Crippen molar-refractivity contribution >= 4 is 37.3 Å². The number of hydrogen-bond donors (Lipinski definition) is 2. The van der Waals surface area contributed by atoms with Gasteiger partial charge in [0.15, 0.2) is 0 Å². The third-order valence-corrected chi connectivity index (χ3v) is 7.11. The predicted octanol–water partition coefficient (Wildman–Crippen LogP) is 2.61. The van der Waals surface area contributed by atoms with Crippen LogP contribution in [0.5, 0.6) is 0 Å². The Morgan fingerprint density at radius 3 is 2.61 bits per heavy atom. The van der Waals surface area contributed by atoms with Gasteiger partial charge in [-0.2, -0.15) is 0 Å². The van der Waals surface area contributed by atoms with Crippen LogP contribution in [0.2, 0.25) is 0 Å². The number of nitrogens with one attached hydrogen (secondary N) is 1. The molecule has 2 N–H and O–H groups in total. The zero-order valence-electron chi connectivity index (χ0n) is 10.1. The fourth-order valence-electron chi connectivity index (χ4n) is 2.30. The Labute approximate surface area is 120 Å². The normalized spacial score (nSPS) is 19.3. The first kappa shape index (κ1) is 14.5. The third-order valence-electron chi connectivity index (χ3n) is 3.24. The number of sulfonamides is 1. The molecule has 1 aromatic rings. The lowest BCUT2D eigenvalue weighted by atomic mass is 10.0. The molecule has 0 saturated heterocycles. The second-order valence-electron chi connectivity index (χ2n) is 4.88. The minimum atomic E-state index is -3.52. The van der Waals surface area contributed by atoms with Crippen molar-refractivity contribution in [3.8, 4) is 0 Å². The minimum absolute atomic E-state index is 0.143. The molecule has 0 aliphatic heterocycles. The molecule has 1 aliphatic rings. The second-order valence-corrected chi connectivity index (χ2v) is 8.99. The van der Waals surface area contributed by atoms with Crippen LogP contribution >= 0.6 is 27.3 Å². The number of aliphatic hydroxyl groups is 1. The largest absolute Gasteiger partial charge is 0.391 e. The molecule has 0 radical (unpaired) electrons. The van der Waals surface area contributed by atoms with E-state index >= 15 is 0 Å². The van der Waals surface area contributed by atoms with Crippen LogP contribution in [0.3, 0.4) is 0 Å². The molecule has 18 heavy (non-hydrogen) atoms. The summed E-state index contributed by atoms with van der Waals surface area (Å²) >= 11 is 4.49. The van der Waals surface area contributed by atoms with Crippen molar-refractivity contribution in [3.05, 3.63) is 14.7 Å². The number of aliphatic hydroxyl groups excluding tert-OH is 1. The molecule has 0 spiro atoms. The van der Waals surface area contributed by atoms with Gasteiger partial charge in [-0.15, -0.1) is 11.3 Å². The van der Waals surface area contributed by atoms with Crippen LogP contribution in [0, 0.1) is 0 Å². The van der Waals surface area contributed by atoms with Crippen molar-refractivity contribution in [1.82, 2.24) is 4.72 Å². The average Bonchev–Trinajstić information content (AvgIpc) is 2.84. The summed E-state index contributed by atoms with van der Waals surface area (Å²) in [6.07, 6.45) is 3.87. The Bertz CT molecular complexity index is 532. The lowest BCUT2D eigenvalue weighted by Crippen LogP contribution is -2.43. The monoisotopic (exact) mass is 353 g/mol. The molecule has 102 valence electrons. The molecule has 2 rings (SSSR count). The standard InChI is InChI=1S/C11H16BrNO3S2/c1-11(4-2-3-5-11)13-18(15,16)9-6-8(7-14)17-10(9)12/h6,13-14H,2-5,7H2,1H3. The Morgan fingerprint density at radius 2 is 2.11 bits per heavy atom. The first-order valence-electron chi connectivity index (χ1n) is 5.79. The molecule has 0 unspecified atom stereocenters. The number of halogens is 1. The van der Waals surface area contributed by atoms with Gasteiger partial charge in [-0.25, -0.2) is 13.1 Å². The van der Waals surface area contributed by atoms with E-state index in [2.05, 4.69) is 20.7 Å². The Kier molecular flexibility index (Phi) is 4.18. The van der Waals surface area contributed by atoms with Gasteiger partial charge in [0.25, 0.3) is 0 Å². The van der Waals surface area contributed by atoms with Crippen molar-refractivity contribution in [2.24, 2.45) is 0 Å². The number of hydrogen-bond acceptors (Lipinski definition) is 4. The van der Waals surface area contributed by atoms with Crippen LogP contribution in [-0.2, 0) is 16.6 Å². The topological polar surface area (TPSA) is 66.4 Å². The maximum Gasteiger partial charge on any atom is 0.243 e. The molecule has 4 nitrogen and oxygen atoms in total. The lowest BCUT2D eigenvalue weighted by Gasteiger charge is -2.24. The van der Waals surface area contributed by atoms with Crippen LogP contribution in [0.1, 0.15) is 37.5 Å². The highest BCUT2D eigenvalue weighted by atomic mass is 79.9. The van der Waals surface area contributed by atoms with Crippen molar-refractivity contribution in [2.75, 3.05) is 0 Å². The Morgan fingerprint density at radius 1 is 1.50 bits per heavy atom. The molecule has 1 heterocycles. The van der Waals surface area contributed by atoms with Crippen molar-refractivity contribution in [3.63, 3.8) is 0 Å². The first-order valence-corrected chi connectivity index (χ1v) is 8.89. The highest BCUT2D eigenvalue weighted by Crippen LogP contribution is 2.35. The van der Waals surface area contributed by atoms with Gasteiger partial charge in [-0.3, -0.25) is 0 Å². The van der Waals surface area contributed by atoms with Crippen molar-refractivity contribution < 1.29 is 13.5 Å². The van der Waals surface area contributed by atoms with Gasteiger partial charge in [0, 0.05) is 10.4 Å². The van der Waals surface area contributed by atoms with Crippen molar-refractivity contribution in [1.29, 1.82) is 0 Å². The summed E-state index contributed by atoms with van der Waals surface area (Å²) in [7, 11) is -3.52. The van der Waals surface area contributed by atoms with E-state index < -0.39 is 10.0 Å². The zero-order valence-corrected chi connectivity index (χ0v) is 13.3. The van der Waals surface area contributed by atoms with Gasteiger partial charge in [0.05, 0.1) is 10.4 Å². The molecule has 0 amide bonds. The first-order chi connectivity index (χ1) is 8.36. The van der Waals surface area contributed by atoms with E-state index in [1.54, 1.807) is 0 Å². The highest BCUT2D eigenvalue weighted by Gasteiger charge is 2.34. The second kappa shape index (κ2) is 5.20. The van der Waals surface area contributed by atoms with E-state index in [4.69, 9.17) is 5.11 Å². The molecule has 0 aromatic carbocycles. The molecule has 1 fully saturated rings. The third kappa shape index (κ3) is 2.96. The summed E-state index contributed by atoms with van der Waals surface area (Å²) in [6, 6.07) is 1.52. The van der Waals surface area contributed by atoms with E-state index in [0.717, 1.165) is 25.7 Å².